The molecule has 96 valence electrons. The average molecular weight is 243 g/mol. The number of nitrogens with one attached hydrogen (secondary N) is 1. The fourth-order valence-electron chi connectivity index (χ4n) is 2.25. The molecule has 0 saturated carbocycles. The first-order valence-electron chi connectivity index (χ1n) is 6.37. The molecule has 0 aliphatic rings. The van der Waals surface area contributed by atoms with Crippen molar-refractivity contribution in [3.63, 3.8) is 0 Å². The molecule has 1 heterocycles. The first-order chi connectivity index (χ1) is 8.54. The van der Waals surface area contributed by atoms with Crippen LogP contribution in [-0.4, -0.2) is 16.5 Å². The molecule has 1 aromatic carbocycles. The van der Waals surface area contributed by atoms with Crippen LogP contribution < -0.4 is 5.73 Å². The van der Waals surface area contributed by atoms with E-state index in [0.29, 0.717) is 6.54 Å². The Hall–Kier alpha value is -1.61. The fraction of sp³-hybridized carbons (Fsp3) is 0.400. The van der Waals surface area contributed by atoms with Gasteiger partial charge in [0.15, 0.2) is 0 Å². The Balaban J connectivity index is 2.52. The van der Waals surface area contributed by atoms with Gasteiger partial charge in [0, 0.05) is 17.7 Å². The van der Waals surface area contributed by atoms with Crippen LogP contribution in [0.5, 0.6) is 0 Å². The predicted octanol–water partition coefficient (Wildman–Crippen LogP) is 2.81. The Morgan fingerprint density at radius 2 is 1.83 bits per heavy atom. The molecular formula is C15H21N3. The summed E-state index contributed by atoms with van der Waals surface area (Å²) in [6.07, 6.45) is 0.796. The van der Waals surface area contributed by atoms with Crippen molar-refractivity contribution < 1.29 is 0 Å². The molecule has 0 aliphatic carbocycles. The van der Waals surface area contributed by atoms with Crippen molar-refractivity contribution in [1.82, 2.24) is 9.97 Å². The second-order valence-corrected chi connectivity index (χ2v) is 4.88. The Labute approximate surface area is 108 Å². The van der Waals surface area contributed by atoms with Crippen molar-refractivity contribution in [2.45, 2.75) is 34.1 Å². The molecule has 18 heavy (non-hydrogen) atoms. The van der Waals surface area contributed by atoms with Crippen molar-refractivity contribution in [1.29, 1.82) is 0 Å². The van der Waals surface area contributed by atoms with E-state index in [-0.39, 0.29) is 0 Å². The van der Waals surface area contributed by atoms with Gasteiger partial charge in [-0.3, -0.25) is 0 Å². The van der Waals surface area contributed by atoms with Gasteiger partial charge in [-0.25, -0.2) is 4.98 Å². The van der Waals surface area contributed by atoms with E-state index in [1.807, 2.05) is 0 Å². The highest BCUT2D eigenvalue weighted by atomic mass is 14.9. The van der Waals surface area contributed by atoms with E-state index in [1.165, 1.54) is 22.3 Å². The standard InChI is InChI=1S/C15H21N3/c1-9-5-6-13(11(3)10(9)2)15-12(4)17-14(18-15)7-8-16/h5-6H,7-8,16H2,1-4H3,(H,17,18). The van der Waals surface area contributed by atoms with Crippen LogP contribution >= 0.6 is 0 Å². The summed E-state index contributed by atoms with van der Waals surface area (Å²) in [6, 6.07) is 4.32. The third-order valence-corrected chi connectivity index (χ3v) is 3.63. The summed E-state index contributed by atoms with van der Waals surface area (Å²) in [7, 11) is 0. The van der Waals surface area contributed by atoms with Gasteiger partial charge in [-0.1, -0.05) is 12.1 Å². The number of nitrogens with two attached hydrogens (primary N) is 1. The monoisotopic (exact) mass is 243 g/mol. The van der Waals surface area contributed by atoms with Crippen LogP contribution in [0.3, 0.4) is 0 Å². The molecule has 0 saturated heterocycles. The van der Waals surface area contributed by atoms with Crippen molar-refractivity contribution in [3.8, 4) is 11.3 Å². The molecule has 3 N–H and O–H groups in total. The molecule has 1 aromatic heterocycles. The van der Waals surface area contributed by atoms with Crippen LogP contribution in [0.15, 0.2) is 12.1 Å². The highest BCUT2D eigenvalue weighted by Crippen LogP contribution is 2.28. The summed E-state index contributed by atoms with van der Waals surface area (Å²) >= 11 is 0. The lowest BCUT2D eigenvalue weighted by molar-refractivity contribution is 0.891. The maximum atomic E-state index is 5.57. The second kappa shape index (κ2) is 4.94. The third-order valence-electron chi connectivity index (χ3n) is 3.63. The number of aromatic nitrogens is 2. The number of H-pyrrole nitrogens is 1. The molecule has 0 amide bonds. The summed E-state index contributed by atoms with van der Waals surface area (Å²) < 4.78 is 0. The van der Waals surface area contributed by atoms with Gasteiger partial charge in [-0.05, 0) is 50.9 Å². The largest absolute Gasteiger partial charge is 0.346 e. The lowest BCUT2D eigenvalue weighted by atomic mass is 9.96. The zero-order valence-electron chi connectivity index (χ0n) is 11.6. The van der Waals surface area contributed by atoms with Crippen molar-refractivity contribution in [3.05, 3.63) is 40.3 Å². The van der Waals surface area contributed by atoms with Gasteiger partial charge < -0.3 is 10.7 Å². The first kappa shape index (κ1) is 12.8. The van der Waals surface area contributed by atoms with Gasteiger partial charge in [0.2, 0.25) is 0 Å². The first-order valence-corrected chi connectivity index (χ1v) is 6.37. The maximum Gasteiger partial charge on any atom is 0.108 e. The third kappa shape index (κ3) is 2.18. The lowest BCUT2D eigenvalue weighted by Crippen LogP contribution is -2.03. The van der Waals surface area contributed by atoms with Gasteiger partial charge >= 0.3 is 0 Å². The molecule has 2 rings (SSSR count). The highest BCUT2D eigenvalue weighted by Gasteiger charge is 2.12. The smallest absolute Gasteiger partial charge is 0.108 e. The van der Waals surface area contributed by atoms with Gasteiger partial charge in [-0.2, -0.15) is 0 Å². The van der Waals surface area contributed by atoms with Crippen LogP contribution in [0.2, 0.25) is 0 Å². The number of hydrogen-bond donors (Lipinski definition) is 2. The predicted molar refractivity (Wildman–Crippen MR) is 75.7 cm³/mol. The van der Waals surface area contributed by atoms with E-state index in [9.17, 15) is 0 Å². The molecule has 3 heteroatoms. The summed E-state index contributed by atoms with van der Waals surface area (Å²) in [5.41, 5.74) is 12.9. The molecular weight excluding hydrogens is 222 g/mol. The minimum Gasteiger partial charge on any atom is -0.346 e. The molecule has 2 aromatic rings. The van der Waals surface area contributed by atoms with Crippen LogP contribution in [0, 0.1) is 27.7 Å². The van der Waals surface area contributed by atoms with E-state index in [2.05, 4.69) is 49.8 Å². The Bertz CT molecular complexity index is 567. The van der Waals surface area contributed by atoms with Crippen molar-refractivity contribution in [2.75, 3.05) is 6.54 Å². The lowest BCUT2D eigenvalue weighted by Gasteiger charge is -2.10. The van der Waals surface area contributed by atoms with E-state index in [0.717, 1.165) is 23.6 Å². The number of aromatic amines is 1. The topological polar surface area (TPSA) is 54.7 Å². The van der Waals surface area contributed by atoms with Crippen LogP contribution in [0.4, 0.5) is 0 Å². The quantitative estimate of drug-likeness (QED) is 0.871. The molecule has 0 bridgehead atoms. The minimum atomic E-state index is 0.623. The average Bonchev–Trinajstić information content (AvgIpc) is 2.68. The van der Waals surface area contributed by atoms with Gasteiger partial charge in [-0.15, -0.1) is 0 Å². The zero-order valence-corrected chi connectivity index (χ0v) is 11.6. The van der Waals surface area contributed by atoms with Gasteiger partial charge in [0.1, 0.15) is 5.82 Å². The molecule has 0 unspecified atom stereocenters. The highest BCUT2D eigenvalue weighted by molar-refractivity contribution is 5.68. The van der Waals surface area contributed by atoms with E-state index in [4.69, 9.17) is 5.73 Å². The van der Waals surface area contributed by atoms with Gasteiger partial charge in [0.25, 0.3) is 0 Å². The number of hydrogen-bond acceptors (Lipinski definition) is 2. The van der Waals surface area contributed by atoms with Crippen LogP contribution in [-0.2, 0) is 6.42 Å². The van der Waals surface area contributed by atoms with Crippen LogP contribution in [0.25, 0.3) is 11.3 Å². The summed E-state index contributed by atoms with van der Waals surface area (Å²) in [5.74, 6) is 0.975. The zero-order chi connectivity index (χ0) is 13.3. The Kier molecular flexibility index (Phi) is 3.53. The fourth-order valence-corrected chi connectivity index (χ4v) is 2.25. The summed E-state index contributed by atoms with van der Waals surface area (Å²) in [5, 5.41) is 0. The second-order valence-electron chi connectivity index (χ2n) is 4.88. The van der Waals surface area contributed by atoms with E-state index < -0.39 is 0 Å². The summed E-state index contributed by atoms with van der Waals surface area (Å²) in [4.78, 5) is 7.98. The molecule has 0 spiro atoms. The van der Waals surface area contributed by atoms with Crippen molar-refractivity contribution in [2.24, 2.45) is 5.73 Å². The SMILES string of the molecule is Cc1ccc(-c2nc(CCN)[nH]c2C)c(C)c1C. The molecule has 0 radical (unpaired) electrons. The number of rotatable bonds is 3. The molecule has 0 fully saturated rings. The Morgan fingerprint density at radius 1 is 1.11 bits per heavy atom. The normalized spacial score (nSPS) is 10.9. The maximum absolute atomic E-state index is 5.57. The number of imidazole rings is 1. The number of benzene rings is 1. The molecule has 0 atom stereocenters. The minimum absolute atomic E-state index is 0.623. The number of aryl methyl sites for hydroxylation is 2. The van der Waals surface area contributed by atoms with E-state index >= 15 is 0 Å². The number of nitrogens with zero attached hydrogens (tertiary/aromatic N) is 1. The van der Waals surface area contributed by atoms with Crippen molar-refractivity contribution >= 4 is 0 Å². The van der Waals surface area contributed by atoms with Crippen LogP contribution in [0.1, 0.15) is 28.2 Å². The van der Waals surface area contributed by atoms with Gasteiger partial charge in [0.05, 0.1) is 5.69 Å². The molecule has 3 nitrogen and oxygen atoms in total. The Morgan fingerprint density at radius 3 is 2.50 bits per heavy atom. The molecule has 0 aliphatic heterocycles. The summed E-state index contributed by atoms with van der Waals surface area (Å²) in [6.45, 7) is 9.16. The van der Waals surface area contributed by atoms with E-state index in [1.54, 1.807) is 0 Å².